The molecule has 23 heavy (non-hydrogen) atoms. The maximum atomic E-state index is 12.8. The van der Waals surface area contributed by atoms with Crippen LogP contribution in [0.25, 0.3) is 0 Å². The highest BCUT2D eigenvalue weighted by atomic mass is 32.2. The molecule has 1 aromatic rings. The Kier molecular flexibility index (Phi) is 4.90. The predicted molar refractivity (Wildman–Crippen MR) is 83.9 cm³/mol. The SMILES string of the molecule is COc1cc(S(=O)(=O)N2CCN(C3CCOCC3)CC2)n(C)n1. The van der Waals surface area contributed by atoms with E-state index < -0.39 is 10.0 Å². The Balaban J connectivity index is 1.67. The van der Waals surface area contributed by atoms with Crippen LogP contribution in [0.15, 0.2) is 11.1 Å². The summed E-state index contributed by atoms with van der Waals surface area (Å²) in [5.41, 5.74) is 0. The number of sulfonamides is 1. The zero-order chi connectivity index (χ0) is 16.4. The zero-order valence-corrected chi connectivity index (χ0v) is 14.5. The van der Waals surface area contributed by atoms with E-state index in [1.807, 2.05) is 0 Å². The number of aryl methyl sites for hydroxylation is 1. The standard InChI is InChI=1S/C14H24N4O4S/c1-16-14(11-13(15-16)21-2)23(19,20)18-7-5-17(6-8-18)12-3-9-22-10-4-12/h11-12H,3-10H2,1-2H3. The van der Waals surface area contributed by atoms with Gasteiger partial charge in [-0.2, -0.15) is 4.31 Å². The lowest BCUT2D eigenvalue weighted by atomic mass is 10.1. The Morgan fingerprint density at radius 1 is 1.22 bits per heavy atom. The summed E-state index contributed by atoms with van der Waals surface area (Å²) in [6.07, 6.45) is 2.07. The molecule has 2 saturated heterocycles. The normalized spacial score (nSPS) is 22.3. The van der Waals surface area contributed by atoms with Gasteiger partial charge in [-0.25, -0.2) is 8.42 Å². The second-order valence-corrected chi connectivity index (χ2v) is 7.82. The Bertz CT molecular complexity index is 631. The summed E-state index contributed by atoms with van der Waals surface area (Å²) in [6.45, 7) is 4.15. The van der Waals surface area contributed by atoms with Gasteiger partial charge in [-0.15, -0.1) is 5.10 Å². The number of piperazine rings is 1. The number of rotatable bonds is 4. The molecule has 9 heteroatoms. The van der Waals surface area contributed by atoms with Crippen LogP contribution in [-0.2, 0) is 21.8 Å². The Hall–Kier alpha value is -1.16. The van der Waals surface area contributed by atoms with Crippen molar-refractivity contribution in [2.24, 2.45) is 7.05 Å². The summed E-state index contributed by atoms with van der Waals surface area (Å²) >= 11 is 0. The van der Waals surface area contributed by atoms with Crippen LogP contribution in [0.5, 0.6) is 5.88 Å². The quantitative estimate of drug-likeness (QED) is 0.760. The van der Waals surface area contributed by atoms with Crippen LogP contribution < -0.4 is 4.74 Å². The van der Waals surface area contributed by atoms with Gasteiger partial charge >= 0.3 is 0 Å². The fraction of sp³-hybridized carbons (Fsp3) is 0.786. The molecule has 0 aromatic carbocycles. The zero-order valence-electron chi connectivity index (χ0n) is 13.6. The predicted octanol–water partition coefficient (Wildman–Crippen LogP) is -0.0860. The van der Waals surface area contributed by atoms with Crippen LogP contribution in [0.4, 0.5) is 0 Å². The van der Waals surface area contributed by atoms with Crippen molar-refractivity contribution in [3.8, 4) is 5.88 Å². The van der Waals surface area contributed by atoms with Gasteiger partial charge in [-0.05, 0) is 12.8 Å². The van der Waals surface area contributed by atoms with Gasteiger partial charge in [0.25, 0.3) is 10.0 Å². The summed E-state index contributed by atoms with van der Waals surface area (Å²) in [5, 5.41) is 4.22. The van der Waals surface area contributed by atoms with Gasteiger partial charge in [0.05, 0.1) is 7.11 Å². The minimum absolute atomic E-state index is 0.175. The summed E-state index contributed by atoms with van der Waals surface area (Å²) in [5.74, 6) is 0.312. The second-order valence-electron chi connectivity index (χ2n) is 5.93. The van der Waals surface area contributed by atoms with Crippen LogP contribution in [0.3, 0.4) is 0 Å². The summed E-state index contributed by atoms with van der Waals surface area (Å²) < 4.78 is 38.9. The van der Waals surface area contributed by atoms with Gasteiger partial charge in [0, 0.05) is 58.5 Å². The molecule has 3 rings (SSSR count). The number of nitrogens with zero attached hydrogens (tertiary/aromatic N) is 4. The van der Waals surface area contributed by atoms with E-state index in [4.69, 9.17) is 9.47 Å². The summed E-state index contributed by atoms with van der Waals surface area (Å²) in [4.78, 5) is 2.39. The fourth-order valence-electron chi connectivity index (χ4n) is 3.26. The van der Waals surface area contributed by atoms with Gasteiger partial charge in [0.2, 0.25) is 5.88 Å². The molecule has 0 bridgehead atoms. The first-order valence-electron chi connectivity index (χ1n) is 7.92. The highest BCUT2D eigenvalue weighted by Gasteiger charge is 2.33. The van der Waals surface area contributed by atoms with Crippen LogP contribution in [0, 0.1) is 0 Å². The molecule has 3 heterocycles. The molecule has 0 spiro atoms. The van der Waals surface area contributed by atoms with E-state index in [1.54, 1.807) is 11.4 Å². The average molecular weight is 344 g/mol. The molecule has 130 valence electrons. The van der Waals surface area contributed by atoms with Crippen molar-refractivity contribution >= 4 is 10.0 Å². The van der Waals surface area contributed by atoms with Crippen molar-refractivity contribution in [2.45, 2.75) is 23.9 Å². The lowest BCUT2D eigenvalue weighted by molar-refractivity contribution is 0.0229. The maximum absolute atomic E-state index is 12.8. The molecule has 2 fully saturated rings. The van der Waals surface area contributed by atoms with Gasteiger partial charge < -0.3 is 9.47 Å². The average Bonchev–Trinajstić information content (AvgIpc) is 2.97. The monoisotopic (exact) mass is 344 g/mol. The highest BCUT2D eigenvalue weighted by Crippen LogP contribution is 2.23. The molecule has 0 unspecified atom stereocenters. The number of aromatic nitrogens is 2. The van der Waals surface area contributed by atoms with E-state index >= 15 is 0 Å². The summed E-state index contributed by atoms with van der Waals surface area (Å²) in [6, 6.07) is 1.99. The van der Waals surface area contributed by atoms with Crippen LogP contribution in [-0.4, -0.2) is 79.9 Å². The van der Waals surface area contributed by atoms with Gasteiger partial charge in [0.15, 0.2) is 5.03 Å². The molecule has 0 atom stereocenters. The molecule has 2 aliphatic rings. The van der Waals surface area contributed by atoms with Crippen molar-refractivity contribution in [2.75, 3.05) is 46.5 Å². The minimum atomic E-state index is -3.53. The van der Waals surface area contributed by atoms with E-state index in [0.29, 0.717) is 25.0 Å². The molecule has 0 radical (unpaired) electrons. The van der Waals surface area contributed by atoms with Crippen molar-refractivity contribution in [3.63, 3.8) is 0 Å². The topological polar surface area (TPSA) is 76.9 Å². The largest absolute Gasteiger partial charge is 0.480 e. The maximum Gasteiger partial charge on any atom is 0.260 e. The Morgan fingerprint density at radius 2 is 1.87 bits per heavy atom. The first-order valence-corrected chi connectivity index (χ1v) is 9.36. The third-order valence-electron chi connectivity index (χ3n) is 4.61. The number of hydrogen-bond acceptors (Lipinski definition) is 6. The van der Waals surface area contributed by atoms with E-state index in [2.05, 4.69) is 10.00 Å². The lowest BCUT2D eigenvalue weighted by Crippen LogP contribution is -2.53. The fourth-order valence-corrected chi connectivity index (χ4v) is 4.79. The van der Waals surface area contributed by atoms with E-state index in [9.17, 15) is 8.42 Å². The molecule has 0 amide bonds. The first-order chi connectivity index (χ1) is 11.0. The van der Waals surface area contributed by atoms with Gasteiger partial charge in [-0.1, -0.05) is 0 Å². The Morgan fingerprint density at radius 3 is 2.43 bits per heavy atom. The molecule has 2 aliphatic heterocycles. The van der Waals surface area contributed by atoms with E-state index in [0.717, 1.165) is 39.1 Å². The van der Waals surface area contributed by atoms with Gasteiger partial charge in [0.1, 0.15) is 0 Å². The molecular formula is C14H24N4O4S. The van der Waals surface area contributed by atoms with Gasteiger partial charge in [-0.3, -0.25) is 9.58 Å². The van der Waals surface area contributed by atoms with Crippen molar-refractivity contribution in [1.82, 2.24) is 19.0 Å². The van der Waals surface area contributed by atoms with Crippen LogP contribution in [0.2, 0.25) is 0 Å². The third kappa shape index (κ3) is 3.37. The lowest BCUT2D eigenvalue weighted by Gasteiger charge is -2.40. The van der Waals surface area contributed by atoms with E-state index in [1.165, 1.54) is 17.9 Å². The first kappa shape index (κ1) is 16.7. The molecular weight excluding hydrogens is 320 g/mol. The minimum Gasteiger partial charge on any atom is -0.480 e. The molecule has 1 aromatic heterocycles. The Labute approximate surface area is 137 Å². The summed E-state index contributed by atoms with van der Waals surface area (Å²) in [7, 11) is -0.437. The number of hydrogen-bond donors (Lipinski definition) is 0. The third-order valence-corrected chi connectivity index (χ3v) is 6.56. The van der Waals surface area contributed by atoms with Crippen molar-refractivity contribution < 1.29 is 17.9 Å². The van der Waals surface area contributed by atoms with E-state index in [-0.39, 0.29) is 5.03 Å². The molecule has 0 aliphatic carbocycles. The smallest absolute Gasteiger partial charge is 0.260 e. The molecule has 0 N–H and O–H groups in total. The molecule has 0 saturated carbocycles. The number of methoxy groups -OCH3 is 1. The van der Waals surface area contributed by atoms with Crippen molar-refractivity contribution in [1.29, 1.82) is 0 Å². The van der Waals surface area contributed by atoms with Crippen molar-refractivity contribution in [3.05, 3.63) is 6.07 Å². The highest BCUT2D eigenvalue weighted by molar-refractivity contribution is 7.89. The van der Waals surface area contributed by atoms with Crippen LogP contribution in [0.1, 0.15) is 12.8 Å². The molecule has 8 nitrogen and oxygen atoms in total. The van der Waals surface area contributed by atoms with Crippen LogP contribution >= 0.6 is 0 Å². The second kappa shape index (κ2) is 6.76. The number of ether oxygens (including phenoxy) is 2.